The lowest BCUT2D eigenvalue weighted by molar-refractivity contribution is -0.118. The van der Waals surface area contributed by atoms with Crippen molar-refractivity contribution in [3.8, 4) is 5.75 Å². The third-order valence-corrected chi connectivity index (χ3v) is 4.69. The molecule has 0 fully saturated rings. The van der Waals surface area contributed by atoms with Crippen LogP contribution in [0.5, 0.6) is 5.75 Å². The molecule has 0 radical (unpaired) electrons. The molecule has 0 saturated carbocycles. The van der Waals surface area contributed by atoms with Crippen LogP contribution in [-0.4, -0.2) is 47.5 Å². The van der Waals surface area contributed by atoms with Gasteiger partial charge in [0, 0.05) is 6.07 Å². The molecule has 172 valence electrons. The molecule has 14 heteroatoms. The zero-order chi connectivity index (χ0) is 23.7. The zero-order valence-corrected chi connectivity index (χ0v) is 17.0. The van der Waals surface area contributed by atoms with Crippen LogP contribution in [0.25, 0.3) is 0 Å². The summed E-state index contributed by atoms with van der Waals surface area (Å²) in [5.41, 5.74) is 1.76. The summed E-state index contributed by atoms with van der Waals surface area (Å²) in [5.74, 6) is -6.10. The third kappa shape index (κ3) is 4.66. The molecule has 3 heterocycles. The molecule has 0 bridgehead atoms. The van der Waals surface area contributed by atoms with Crippen molar-refractivity contribution in [2.45, 2.75) is 24.8 Å². The van der Waals surface area contributed by atoms with Crippen LogP contribution in [0.3, 0.4) is 0 Å². The minimum absolute atomic E-state index is 0.0980. The topological polar surface area (TPSA) is 112 Å². The summed E-state index contributed by atoms with van der Waals surface area (Å²) in [5, 5.41) is 2.01. The Balaban J connectivity index is 1.87. The van der Waals surface area contributed by atoms with E-state index in [-0.39, 0.29) is 22.3 Å². The van der Waals surface area contributed by atoms with Crippen molar-refractivity contribution in [2.24, 2.45) is 10.7 Å². The van der Waals surface area contributed by atoms with Crippen LogP contribution in [-0.2, 0) is 10.3 Å². The molecule has 1 amide bonds. The maximum Gasteiger partial charge on any atom is 0.311 e. The minimum Gasteiger partial charge on any atom is -0.486 e. The molecule has 2 aromatic heterocycles. The van der Waals surface area contributed by atoms with Crippen molar-refractivity contribution >= 4 is 29.3 Å². The SMILES string of the molecule is C[C@]1(c2nc(NC(=O)c3ncc(OCC(F)F)cc3Cl)ccc2F)N=C(N)OCC1(F)F. The first-order valence-electron chi connectivity index (χ1n) is 8.84. The Kier molecular flexibility index (Phi) is 6.39. The van der Waals surface area contributed by atoms with Gasteiger partial charge in [-0.25, -0.2) is 28.1 Å². The number of nitrogens with one attached hydrogen (secondary N) is 1. The minimum atomic E-state index is -3.66. The van der Waals surface area contributed by atoms with Crippen LogP contribution in [0.4, 0.5) is 27.8 Å². The van der Waals surface area contributed by atoms with Crippen molar-refractivity contribution < 1.29 is 36.2 Å². The number of carbonyl (C=O) groups excluding carboxylic acids is 1. The lowest BCUT2D eigenvalue weighted by atomic mass is 9.89. The highest BCUT2D eigenvalue weighted by atomic mass is 35.5. The van der Waals surface area contributed by atoms with Crippen LogP contribution < -0.4 is 15.8 Å². The smallest absolute Gasteiger partial charge is 0.311 e. The molecule has 2 aromatic rings. The largest absolute Gasteiger partial charge is 0.486 e. The van der Waals surface area contributed by atoms with Gasteiger partial charge in [0.15, 0.2) is 12.1 Å². The standard InChI is InChI=1S/C18H15ClF5N5O3/c1-17(18(23,24)7-32-16(25)29-17)14-10(20)2-3-12(27-14)28-15(30)13-9(19)4-8(5-26-13)31-6-11(21)22/h2-5,11H,6-7H2,1H3,(H2,25,29)(H,27,28,30)/t17-/m1/s1. The van der Waals surface area contributed by atoms with Gasteiger partial charge in [-0.3, -0.25) is 4.79 Å². The van der Waals surface area contributed by atoms with E-state index < -0.39 is 54.5 Å². The summed E-state index contributed by atoms with van der Waals surface area (Å²) >= 11 is 5.94. The highest BCUT2D eigenvalue weighted by Crippen LogP contribution is 2.43. The molecule has 1 aliphatic rings. The Hall–Kier alpha value is -3.22. The Labute approximate surface area is 182 Å². The second-order valence-corrected chi connectivity index (χ2v) is 7.11. The van der Waals surface area contributed by atoms with E-state index in [1.807, 2.05) is 0 Å². The Bertz CT molecular complexity index is 1070. The van der Waals surface area contributed by atoms with Crippen LogP contribution in [0.2, 0.25) is 5.02 Å². The molecule has 0 spiro atoms. The van der Waals surface area contributed by atoms with Gasteiger partial charge in [0.1, 0.15) is 35.4 Å². The van der Waals surface area contributed by atoms with E-state index in [2.05, 4.69) is 25.0 Å². The first-order valence-corrected chi connectivity index (χ1v) is 9.21. The molecule has 0 unspecified atom stereocenters. The molecule has 0 saturated heterocycles. The van der Waals surface area contributed by atoms with Gasteiger partial charge in [-0.05, 0) is 19.1 Å². The van der Waals surface area contributed by atoms with Gasteiger partial charge in [-0.1, -0.05) is 11.6 Å². The van der Waals surface area contributed by atoms with Crippen molar-refractivity contribution in [3.63, 3.8) is 0 Å². The fourth-order valence-electron chi connectivity index (χ4n) is 2.72. The summed E-state index contributed by atoms with van der Waals surface area (Å²) in [6, 6.07) is 2.37. The predicted molar refractivity (Wildman–Crippen MR) is 103 cm³/mol. The number of hydrogen-bond acceptors (Lipinski definition) is 7. The van der Waals surface area contributed by atoms with Gasteiger partial charge in [-0.2, -0.15) is 8.78 Å². The van der Waals surface area contributed by atoms with E-state index in [0.29, 0.717) is 0 Å². The van der Waals surface area contributed by atoms with Gasteiger partial charge < -0.3 is 20.5 Å². The average Bonchev–Trinajstić information content (AvgIpc) is 2.71. The highest BCUT2D eigenvalue weighted by molar-refractivity contribution is 6.34. The highest BCUT2D eigenvalue weighted by Gasteiger charge is 2.57. The van der Waals surface area contributed by atoms with Crippen molar-refractivity contribution in [3.05, 3.63) is 46.6 Å². The van der Waals surface area contributed by atoms with Gasteiger partial charge in [0.2, 0.25) is 0 Å². The van der Waals surface area contributed by atoms with E-state index in [9.17, 15) is 26.7 Å². The Morgan fingerprint density at radius 3 is 2.78 bits per heavy atom. The molecule has 3 N–H and O–H groups in total. The summed E-state index contributed by atoms with van der Waals surface area (Å²) in [4.78, 5) is 23.5. The van der Waals surface area contributed by atoms with Crippen LogP contribution in [0, 0.1) is 5.82 Å². The van der Waals surface area contributed by atoms with Gasteiger partial charge in [-0.15, -0.1) is 0 Å². The molecule has 1 aliphatic heterocycles. The van der Waals surface area contributed by atoms with Crippen molar-refractivity contribution in [2.75, 3.05) is 18.5 Å². The van der Waals surface area contributed by atoms with E-state index in [1.54, 1.807) is 0 Å². The van der Waals surface area contributed by atoms with Crippen molar-refractivity contribution in [1.82, 2.24) is 9.97 Å². The van der Waals surface area contributed by atoms with Crippen molar-refractivity contribution in [1.29, 1.82) is 0 Å². The first-order chi connectivity index (χ1) is 14.9. The average molecular weight is 480 g/mol. The summed E-state index contributed by atoms with van der Waals surface area (Å²) in [6.07, 6.45) is -1.73. The lowest BCUT2D eigenvalue weighted by Gasteiger charge is -2.36. The quantitative estimate of drug-likeness (QED) is 0.615. The second-order valence-electron chi connectivity index (χ2n) is 6.70. The normalized spacial score (nSPS) is 19.8. The fourth-order valence-corrected chi connectivity index (χ4v) is 2.96. The van der Waals surface area contributed by atoms with Gasteiger partial charge >= 0.3 is 5.92 Å². The number of rotatable bonds is 6. The fraction of sp³-hybridized carbons (Fsp3) is 0.333. The third-order valence-electron chi connectivity index (χ3n) is 4.40. The van der Waals surface area contributed by atoms with Gasteiger partial charge in [0.05, 0.1) is 11.2 Å². The lowest BCUT2D eigenvalue weighted by Crippen LogP contribution is -2.51. The van der Waals surface area contributed by atoms with Crippen LogP contribution >= 0.6 is 11.6 Å². The number of amides is 1. The van der Waals surface area contributed by atoms with E-state index in [0.717, 1.165) is 31.3 Å². The number of anilines is 1. The summed E-state index contributed by atoms with van der Waals surface area (Å²) in [7, 11) is 0. The Morgan fingerprint density at radius 1 is 1.41 bits per heavy atom. The summed E-state index contributed by atoms with van der Waals surface area (Å²) < 4.78 is 77.1. The van der Waals surface area contributed by atoms with Crippen LogP contribution in [0.15, 0.2) is 29.4 Å². The number of carbonyl (C=O) groups is 1. The molecule has 3 rings (SSSR count). The number of alkyl halides is 4. The molecular formula is C18H15ClF5N5O3. The van der Waals surface area contributed by atoms with Crippen LogP contribution in [0.1, 0.15) is 23.1 Å². The van der Waals surface area contributed by atoms with Gasteiger partial charge in [0.25, 0.3) is 18.4 Å². The monoisotopic (exact) mass is 479 g/mol. The Morgan fingerprint density at radius 2 is 2.12 bits per heavy atom. The van der Waals surface area contributed by atoms with E-state index in [4.69, 9.17) is 22.1 Å². The molecule has 32 heavy (non-hydrogen) atoms. The van der Waals surface area contributed by atoms with E-state index >= 15 is 0 Å². The maximum absolute atomic E-state index is 14.5. The predicted octanol–water partition coefficient (Wildman–Crippen LogP) is 3.36. The number of aliphatic imine (C=N–C) groups is 1. The summed E-state index contributed by atoms with van der Waals surface area (Å²) in [6.45, 7) is -1.11. The number of nitrogens with two attached hydrogens (primary N) is 1. The molecule has 0 aromatic carbocycles. The number of halogens is 6. The maximum atomic E-state index is 14.5. The number of ether oxygens (including phenoxy) is 2. The number of hydrogen-bond donors (Lipinski definition) is 2. The molecule has 0 aliphatic carbocycles. The second kappa shape index (κ2) is 8.73. The first kappa shape index (κ1) is 23.4. The molecule has 1 atom stereocenters. The number of aromatic nitrogens is 2. The number of nitrogens with zero attached hydrogens (tertiary/aromatic N) is 3. The number of amidine groups is 1. The van der Waals surface area contributed by atoms with E-state index in [1.165, 1.54) is 0 Å². The zero-order valence-electron chi connectivity index (χ0n) is 16.2. The molecule has 8 nitrogen and oxygen atoms in total. The number of pyridine rings is 2. The molecular weight excluding hydrogens is 465 g/mol.